The molecule has 1 aromatic carbocycles. The van der Waals surface area contributed by atoms with Crippen molar-refractivity contribution in [3.8, 4) is 5.75 Å². The highest BCUT2D eigenvalue weighted by Gasteiger charge is 2.12. The van der Waals surface area contributed by atoms with Crippen molar-refractivity contribution in [2.24, 2.45) is 0 Å². The number of hydrogen-bond acceptors (Lipinski definition) is 5. The molecule has 6 heteroatoms. The zero-order valence-corrected chi connectivity index (χ0v) is 13.0. The van der Waals surface area contributed by atoms with Crippen LogP contribution in [0.5, 0.6) is 5.75 Å². The van der Waals surface area contributed by atoms with Gasteiger partial charge >= 0.3 is 0 Å². The summed E-state index contributed by atoms with van der Waals surface area (Å²) in [4.78, 5) is 5.63. The van der Waals surface area contributed by atoms with Crippen LogP contribution in [0.4, 0.5) is 4.39 Å². The van der Waals surface area contributed by atoms with Crippen LogP contribution in [0.25, 0.3) is 0 Å². The van der Waals surface area contributed by atoms with Crippen LogP contribution in [0.1, 0.15) is 22.5 Å². The highest BCUT2D eigenvalue weighted by Crippen LogP contribution is 2.22. The summed E-state index contributed by atoms with van der Waals surface area (Å²) in [6.07, 6.45) is 0. The molecule has 0 saturated heterocycles. The average Bonchev–Trinajstić information content (AvgIpc) is 2.87. The van der Waals surface area contributed by atoms with Crippen LogP contribution in [0.2, 0.25) is 0 Å². The lowest BCUT2D eigenvalue weighted by Crippen LogP contribution is -2.12. The van der Waals surface area contributed by atoms with Crippen molar-refractivity contribution in [1.82, 2.24) is 10.3 Å². The summed E-state index contributed by atoms with van der Waals surface area (Å²) in [5, 5.41) is 4.09. The lowest BCUT2D eigenvalue weighted by molar-refractivity contribution is 0.180. The number of hydrogen-bond donors (Lipinski definition) is 1. The Hall–Kier alpha value is -1.50. The second-order valence-corrected chi connectivity index (χ2v) is 5.58. The molecule has 2 aromatic rings. The van der Waals surface area contributed by atoms with Gasteiger partial charge in [-0.2, -0.15) is 0 Å². The SMILES string of the molecule is CCNCc1sc(COc2ccccc2F)nc1COC. The molecule has 0 unspecified atom stereocenters. The lowest BCUT2D eigenvalue weighted by Gasteiger charge is -2.04. The van der Waals surface area contributed by atoms with Crippen molar-refractivity contribution < 1.29 is 13.9 Å². The fourth-order valence-electron chi connectivity index (χ4n) is 1.83. The number of nitrogens with zero attached hydrogens (tertiary/aromatic N) is 1. The summed E-state index contributed by atoms with van der Waals surface area (Å²) in [6, 6.07) is 6.37. The van der Waals surface area contributed by atoms with E-state index >= 15 is 0 Å². The van der Waals surface area contributed by atoms with E-state index in [2.05, 4.69) is 17.2 Å². The monoisotopic (exact) mass is 310 g/mol. The molecule has 21 heavy (non-hydrogen) atoms. The van der Waals surface area contributed by atoms with Gasteiger partial charge in [0.2, 0.25) is 0 Å². The fourth-order valence-corrected chi connectivity index (χ4v) is 2.78. The minimum Gasteiger partial charge on any atom is -0.483 e. The van der Waals surface area contributed by atoms with Crippen LogP contribution in [-0.2, 0) is 24.5 Å². The molecule has 4 nitrogen and oxygen atoms in total. The van der Waals surface area contributed by atoms with Crippen molar-refractivity contribution in [1.29, 1.82) is 0 Å². The van der Waals surface area contributed by atoms with Crippen molar-refractivity contribution in [3.63, 3.8) is 0 Å². The molecule has 1 heterocycles. The number of ether oxygens (including phenoxy) is 2. The maximum absolute atomic E-state index is 13.5. The van der Waals surface area contributed by atoms with Crippen LogP contribution in [0, 0.1) is 5.82 Å². The Kier molecular flexibility index (Phi) is 6.10. The van der Waals surface area contributed by atoms with E-state index in [1.165, 1.54) is 6.07 Å². The number of aromatic nitrogens is 1. The highest BCUT2D eigenvalue weighted by atomic mass is 32.1. The van der Waals surface area contributed by atoms with Gasteiger partial charge in [-0.1, -0.05) is 19.1 Å². The Labute approximate surface area is 127 Å². The van der Waals surface area contributed by atoms with Gasteiger partial charge < -0.3 is 14.8 Å². The van der Waals surface area contributed by atoms with Crippen LogP contribution in [0.15, 0.2) is 24.3 Å². The first-order valence-electron chi connectivity index (χ1n) is 6.79. The number of halogens is 1. The number of rotatable bonds is 8. The topological polar surface area (TPSA) is 43.4 Å². The van der Waals surface area contributed by atoms with Crippen molar-refractivity contribution >= 4 is 11.3 Å². The van der Waals surface area contributed by atoms with E-state index in [4.69, 9.17) is 9.47 Å². The Morgan fingerprint density at radius 1 is 1.29 bits per heavy atom. The maximum Gasteiger partial charge on any atom is 0.165 e. The van der Waals surface area contributed by atoms with E-state index in [1.54, 1.807) is 36.6 Å². The van der Waals surface area contributed by atoms with E-state index in [0.717, 1.165) is 28.7 Å². The summed E-state index contributed by atoms with van der Waals surface area (Å²) in [6.45, 7) is 4.43. The summed E-state index contributed by atoms with van der Waals surface area (Å²) in [5.41, 5.74) is 0.913. The number of para-hydroxylation sites is 1. The lowest BCUT2D eigenvalue weighted by atomic mass is 10.3. The van der Waals surface area contributed by atoms with Crippen LogP contribution in [0.3, 0.4) is 0 Å². The normalized spacial score (nSPS) is 10.8. The molecule has 0 aliphatic heterocycles. The van der Waals surface area contributed by atoms with Gasteiger partial charge in [-0.15, -0.1) is 11.3 Å². The van der Waals surface area contributed by atoms with Crippen LogP contribution < -0.4 is 10.1 Å². The van der Waals surface area contributed by atoms with Crippen LogP contribution in [-0.4, -0.2) is 18.6 Å². The largest absolute Gasteiger partial charge is 0.483 e. The molecule has 0 amide bonds. The Bertz CT molecular complexity index is 575. The molecule has 0 radical (unpaired) electrons. The fraction of sp³-hybridized carbons (Fsp3) is 0.400. The molecular weight excluding hydrogens is 291 g/mol. The first kappa shape index (κ1) is 15.9. The molecule has 114 valence electrons. The molecule has 1 aromatic heterocycles. The Balaban J connectivity index is 2.04. The van der Waals surface area contributed by atoms with Gasteiger partial charge in [0.25, 0.3) is 0 Å². The van der Waals surface area contributed by atoms with Crippen LogP contribution >= 0.6 is 11.3 Å². The van der Waals surface area contributed by atoms with Gasteiger partial charge in [0.05, 0.1) is 12.3 Å². The number of methoxy groups -OCH3 is 1. The van der Waals surface area contributed by atoms with Gasteiger partial charge in [0.1, 0.15) is 11.6 Å². The van der Waals surface area contributed by atoms with Gasteiger partial charge in [0, 0.05) is 18.5 Å². The molecule has 0 atom stereocenters. The number of benzene rings is 1. The summed E-state index contributed by atoms with van der Waals surface area (Å²) in [5.74, 6) is -0.117. The third kappa shape index (κ3) is 4.49. The zero-order chi connectivity index (χ0) is 15.1. The quantitative estimate of drug-likeness (QED) is 0.813. The van der Waals surface area contributed by atoms with Gasteiger partial charge in [-0.3, -0.25) is 0 Å². The third-order valence-electron chi connectivity index (χ3n) is 2.83. The molecule has 0 bridgehead atoms. The molecule has 0 spiro atoms. The molecule has 0 saturated carbocycles. The summed E-state index contributed by atoms with van der Waals surface area (Å²) in [7, 11) is 1.64. The van der Waals surface area contributed by atoms with Crippen molar-refractivity contribution in [3.05, 3.63) is 45.7 Å². The van der Waals surface area contributed by atoms with Gasteiger partial charge in [-0.25, -0.2) is 9.37 Å². The molecule has 0 aliphatic rings. The second-order valence-electron chi connectivity index (χ2n) is 4.41. The van der Waals surface area contributed by atoms with E-state index < -0.39 is 0 Å². The molecule has 2 rings (SSSR count). The van der Waals surface area contributed by atoms with Crippen molar-refractivity contribution in [2.75, 3.05) is 13.7 Å². The second kappa shape index (κ2) is 8.07. The highest BCUT2D eigenvalue weighted by molar-refractivity contribution is 7.11. The van der Waals surface area contributed by atoms with E-state index in [9.17, 15) is 4.39 Å². The molecule has 1 N–H and O–H groups in total. The Morgan fingerprint density at radius 3 is 2.81 bits per heavy atom. The summed E-state index contributed by atoms with van der Waals surface area (Å²) >= 11 is 1.56. The van der Waals surface area contributed by atoms with E-state index in [-0.39, 0.29) is 18.2 Å². The minimum atomic E-state index is -0.362. The maximum atomic E-state index is 13.5. The number of nitrogens with one attached hydrogen (secondary N) is 1. The average molecular weight is 310 g/mol. The predicted molar refractivity (Wildman–Crippen MR) is 80.9 cm³/mol. The van der Waals surface area contributed by atoms with Gasteiger partial charge in [0.15, 0.2) is 11.6 Å². The summed E-state index contributed by atoms with van der Waals surface area (Å²) < 4.78 is 24.1. The zero-order valence-electron chi connectivity index (χ0n) is 12.2. The smallest absolute Gasteiger partial charge is 0.165 e. The number of thiazole rings is 1. The van der Waals surface area contributed by atoms with E-state index in [1.807, 2.05) is 0 Å². The standard InChI is InChI=1S/C15H19FN2O2S/c1-3-17-8-14-12(9-19-2)18-15(21-14)10-20-13-7-5-4-6-11(13)16/h4-7,17H,3,8-10H2,1-2H3. The third-order valence-corrected chi connectivity index (χ3v) is 3.90. The minimum absolute atomic E-state index is 0.245. The predicted octanol–water partition coefficient (Wildman–Crippen LogP) is 3.12. The van der Waals surface area contributed by atoms with Gasteiger partial charge in [-0.05, 0) is 18.7 Å². The van der Waals surface area contributed by atoms with Crippen molar-refractivity contribution in [2.45, 2.75) is 26.7 Å². The van der Waals surface area contributed by atoms with E-state index in [0.29, 0.717) is 6.61 Å². The Morgan fingerprint density at radius 2 is 2.10 bits per heavy atom. The molecular formula is C15H19FN2O2S. The first-order valence-corrected chi connectivity index (χ1v) is 7.60. The molecule has 0 aliphatic carbocycles. The first-order chi connectivity index (χ1) is 10.2. The molecule has 0 fully saturated rings.